The number of pyridine rings is 1. The van der Waals surface area contributed by atoms with Crippen molar-refractivity contribution in [3.63, 3.8) is 0 Å². The minimum Gasteiger partial charge on any atom is -0.355 e. The zero-order valence-electron chi connectivity index (χ0n) is 16.1. The first-order valence-electron chi connectivity index (χ1n) is 9.68. The van der Waals surface area contributed by atoms with Gasteiger partial charge < -0.3 is 16.0 Å². The molecule has 6 heteroatoms. The molecule has 1 aromatic carbocycles. The number of para-hydroxylation sites is 1. The SMILES string of the molecule is CC(C)c1cc(C(=O)N2CCCC(C(=O)NCCN)C2)c2ccccc2n1. The van der Waals surface area contributed by atoms with E-state index in [1.54, 1.807) is 0 Å². The first kappa shape index (κ1) is 19.3. The maximum atomic E-state index is 13.3. The number of nitrogens with one attached hydrogen (secondary N) is 1. The van der Waals surface area contributed by atoms with E-state index in [1.165, 1.54) is 0 Å². The highest BCUT2D eigenvalue weighted by molar-refractivity contribution is 6.06. The van der Waals surface area contributed by atoms with Crippen molar-refractivity contribution in [2.45, 2.75) is 32.6 Å². The molecule has 1 unspecified atom stereocenters. The Bertz CT molecular complexity index is 834. The Kier molecular flexibility index (Phi) is 6.06. The summed E-state index contributed by atoms with van der Waals surface area (Å²) >= 11 is 0. The Morgan fingerprint density at radius 3 is 2.85 bits per heavy atom. The van der Waals surface area contributed by atoms with Crippen LogP contribution in [0.4, 0.5) is 0 Å². The van der Waals surface area contributed by atoms with E-state index in [2.05, 4.69) is 19.2 Å². The van der Waals surface area contributed by atoms with Gasteiger partial charge in [-0.25, -0.2) is 0 Å². The molecule has 2 amide bonds. The summed E-state index contributed by atoms with van der Waals surface area (Å²) in [6.45, 7) is 6.16. The first-order chi connectivity index (χ1) is 13.0. The van der Waals surface area contributed by atoms with E-state index in [4.69, 9.17) is 10.7 Å². The van der Waals surface area contributed by atoms with Crippen LogP contribution in [0.1, 0.15) is 48.7 Å². The van der Waals surface area contributed by atoms with Gasteiger partial charge in [-0.2, -0.15) is 0 Å². The molecule has 6 nitrogen and oxygen atoms in total. The highest BCUT2D eigenvalue weighted by atomic mass is 16.2. The second-order valence-corrected chi connectivity index (χ2v) is 7.44. The van der Waals surface area contributed by atoms with Gasteiger partial charge in [-0.05, 0) is 30.9 Å². The van der Waals surface area contributed by atoms with Crippen LogP contribution in [0.25, 0.3) is 10.9 Å². The van der Waals surface area contributed by atoms with Crippen molar-refractivity contribution >= 4 is 22.7 Å². The van der Waals surface area contributed by atoms with Crippen molar-refractivity contribution in [3.05, 3.63) is 41.6 Å². The molecule has 0 spiro atoms. The summed E-state index contributed by atoms with van der Waals surface area (Å²) in [7, 11) is 0. The number of rotatable bonds is 5. The van der Waals surface area contributed by atoms with Gasteiger partial charge in [-0.1, -0.05) is 32.0 Å². The fraction of sp³-hybridized carbons (Fsp3) is 0.476. The molecule has 1 aromatic heterocycles. The minimum absolute atomic E-state index is 0.0135. The van der Waals surface area contributed by atoms with Crippen LogP contribution in [-0.2, 0) is 4.79 Å². The molecule has 0 aliphatic carbocycles. The number of fused-ring (bicyclic) bond motifs is 1. The Labute approximate surface area is 160 Å². The molecule has 1 aliphatic heterocycles. The molecule has 3 N–H and O–H groups in total. The Morgan fingerprint density at radius 1 is 1.33 bits per heavy atom. The Balaban J connectivity index is 1.87. The number of aromatic nitrogens is 1. The maximum Gasteiger partial charge on any atom is 0.254 e. The van der Waals surface area contributed by atoms with Gasteiger partial charge in [0, 0.05) is 37.3 Å². The highest BCUT2D eigenvalue weighted by Crippen LogP contribution is 2.26. The predicted octanol–water partition coefficient (Wildman–Crippen LogP) is 2.29. The van der Waals surface area contributed by atoms with Gasteiger partial charge >= 0.3 is 0 Å². The van der Waals surface area contributed by atoms with Crippen LogP contribution >= 0.6 is 0 Å². The van der Waals surface area contributed by atoms with E-state index >= 15 is 0 Å². The molecule has 1 aliphatic rings. The number of nitrogens with two attached hydrogens (primary N) is 1. The van der Waals surface area contributed by atoms with Crippen LogP contribution in [0.2, 0.25) is 0 Å². The number of carbonyl (C=O) groups excluding carboxylic acids is 2. The second-order valence-electron chi connectivity index (χ2n) is 7.44. The summed E-state index contributed by atoms with van der Waals surface area (Å²) < 4.78 is 0. The van der Waals surface area contributed by atoms with E-state index in [-0.39, 0.29) is 23.7 Å². The molecular formula is C21H28N4O2. The van der Waals surface area contributed by atoms with Gasteiger partial charge in [0.1, 0.15) is 0 Å². The van der Waals surface area contributed by atoms with E-state index in [1.807, 2.05) is 35.2 Å². The van der Waals surface area contributed by atoms with Crippen molar-refractivity contribution in [1.29, 1.82) is 0 Å². The van der Waals surface area contributed by atoms with Crippen molar-refractivity contribution in [2.24, 2.45) is 11.7 Å². The predicted molar refractivity (Wildman–Crippen MR) is 107 cm³/mol. The number of carbonyl (C=O) groups is 2. The van der Waals surface area contributed by atoms with E-state index in [0.717, 1.165) is 29.4 Å². The molecule has 144 valence electrons. The summed E-state index contributed by atoms with van der Waals surface area (Å²) in [5.74, 6) is 0.0245. The average Bonchev–Trinajstić information content (AvgIpc) is 2.70. The molecule has 0 saturated carbocycles. The van der Waals surface area contributed by atoms with Crippen LogP contribution in [0.3, 0.4) is 0 Å². The third-order valence-corrected chi connectivity index (χ3v) is 5.08. The van der Waals surface area contributed by atoms with Gasteiger partial charge in [-0.15, -0.1) is 0 Å². The molecule has 3 rings (SSSR count). The molecular weight excluding hydrogens is 340 g/mol. The van der Waals surface area contributed by atoms with Crippen LogP contribution in [0.15, 0.2) is 30.3 Å². The second kappa shape index (κ2) is 8.48. The summed E-state index contributed by atoms with van der Waals surface area (Å²) in [5.41, 5.74) is 7.88. The number of hydrogen-bond acceptors (Lipinski definition) is 4. The third-order valence-electron chi connectivity index (χ3n) is 5.08. The lowest BCUT2D eigenvalue weighted by molar-refractivity contribution is -0.126. The molecule has 2 heterocycles. The van der Waals surface area contributed by atoms with Crippen LogP contribution < -0.4 is 11.1 Å². The summed E-state index contributed by atoms with van der Waals surface area (Å²) in [5, 5.41) is 3.71. The third kappa shape index (κ3) is 4.27. The fourth-order valence-corrected chi connectivity index (χ4v) is 3.55. The largest absolute Gasteiger partial charge is 0.355 e. The highest BCUT2D eigenvalue weighted by Gasteiger charge is 2.29. The zero-order valence-corrected chi connectivity index (χ0v) is 16.1. The molecule has 1 saturated heterocycles. The summed E-state index contributed by atoms with van der Waals surface area (Å²) in [6.07, 6.45) is 1.63. The smallest absolute Gasteiger partial charge is 0.254 e. The average molecular weight is 368 g/mol. The minimum atomic E-state index is -0.174. The topological polar surface area (TPSA) is 88.3 Å². The van der Waals surface area contributed by atoms with Crippen molar-refractivity contribution in [1.82, 2.24) is 15.2 Å². The molecule has 1 atom stereocenters. The standard InChI is InChI=1S/C21H28N4O2/c1-14(2)19-12-17(16-7-3-4-8-18(16)24-19)21(27)25-11-5-6-15(13-25)20(26)23-10-9-22/h3-4,7-8,12,14-15H,5-6,9-11,13,22H2,1-2H3,(H,23,26). The molecule has 1 fully saturated rings. The quantitative estimate of drug-likeness (QED) is 0.847. The number of likely N-dealkylation sites (tertiary alicyclic amines) is 1. The van der Waals surface area contributed by atoms with E-state index in [0.29, 0.717) is 31.7 Å². The summed E-state index contributed by atoms with van der Waals surface area (Å²) in [6, 6.07) is 9.65. The van der Waals surface area contributed by atoms with Crippen molar-refractivity contribution < 1.29 is 9.59 Å². The number of nitrogens with zero attached hydrogens (tertiary/aromatic N) is 2. The lowest BCUT2D eigenvalue weighted by Gasteiger charge is -2.32. The van der Waals surface area contributed by atoms with Gasteiger partial charge in [0.2, 0.25) is 5.91 Å². The van der Waals surface area contributed by atoms with Crippen molar-refractivity contribution in [2.75, 3.05) is 26.2 Å². The van der Waals surface area contributed by atoms with Gasteiger partial charge in [0.25, 0.3) is 5.91 Å². The molecule has 0 bridgehead atoms. The fourth-order valence-electron chi connectivity index (χ4n) is 3.55. The normalized spacial score (nSPS) is 17.3. The lowest BCUT2D eigenvalue weighted by atomic mass is 9.95. The molecule has 2 aromatic rings. The molecule has 0 radical (unpaired) electrons. The van der Waals surface area contributed by atoms with Crippen LogP contribution in [0.5, 0.6) is 0 Å². The van der Waals surface area contributed by atoms with Gasteiger partial charge in [0.15, 0.2) is 0 Å². The zero-order chi connectivity index (χ0) is 19.4. The van der Waals surface area contributed by atoms with E-state index < -0.39 is 0 Å². The Hall–Kier alpha value is -2.47. The number of benzene rings is 1. The van der Waals surface area contributed by atoms with Gasteiger partial charge in [-0.3, -0.25) is 14.6 Å². The Morgan fingerprint density at radius 2 is 2.11 bits per heavy atom. The molecule has 27 heavy (non-hydrogen) atoms. The first-order valence-corrected chi connectivity index (χ1v) is 9.68. The van der Waals surface area contributed by atoms with Crippen LogP contribution in [0, 0.1) is 5.92 Å². The summed E-state index contributed by atoms with van der Waals surface area (Å²) in [4.78, 5) is 32.1. The lowest BCUT2D eigenvalue weighted by Crippen LogP contribution is -2.46. The maximum absolute atomic E-state index is 13.3. The van der Waals surface area contributed by atoms with Crippen molar-refractivity contribution in [3.8, 4) is 0 Å². The monoisotopic (exact) mass is 368 g/mol. The van der Waals surface area contributed by atoms with Crippen LogP contribution in [-0.4, -0.2) is 47.9 Å². The number of piperidine rings is 1. The number of amides is 2. The van der Waals surface area contributed by atoms with Gasteiger partial charge in [0.05, 0.1) is 17.0 Å². The van der Waals surface area contributed by atoms with E-state index in [9.17, 15) is 9.59 Å². The number of hydrogen-bond donors (Lipinski definition) is 2.